The Kier molecular flexibility index (Phi) is 6.28. The highest BCUT2D eigenvalue weighted by atomic mass is 32.2. The van der Waals surface area contributed by atoms with Crippen LogP contribution in [0.25, 0.3) is 17.1 Å². The van der Waals surface area contributed by atoms with Gasteiger partial charge in [0.15, 0.2) is 16.8 Å². The van der Waals surface area contributed by atoms with Gasteiger partial charge >= 0.3 is 0 Å². The first-order valence-corrected chi connectivity index (χ1v) is 10.5. The molecule has 0 saturated carbocycles. The van der Waals surface area contributed by atoms with E-state index in [1.165, 1.54) is 11.8 Å². The van der Waals surface area contributed by atoms with E-state index in [-0.39, 0.29) is 11.5 Å². The van der Waals surface area contributed by atoms with Crippen molar-refractivity contribution in [1.82, 2.24) is 19.7 Å². The number of hydrogen-bond acceptors (Lipinski definition) is 7. The Morgan fingerprint density at radius 3 is 2.39 bits per heavy atom. The van der Waals surface area contributed by atoms with Crippen LogP contribution < -0.4 is 9.47 Å². The van der Waals surface area contributed by atoms with E-state index in [1.54, 1.807) is 38.7 Å². The molecule has 7 nitrogen and oxygen atoms in total. The second-order valence-corrected chi connectivity index (χ2v) is 7.43. The van der Waals surface area contributed by atoms with Gasteiger partial charge in [0.1, 0.15) is 11.5 Å². The summed E-state index contributed by atoms with van der Waals surface area (Å²) in [6, 6.07) is 18.6. The second kappa shape index (κ2) is 9.44. The van der Waals surface area contributed by atoms with Crippen LogP contribution in [0.4, 0.5) is 0 Å². The summed E-state index contributed by atoms with van der Waals surface area (Å²) in [6.07, 6.45) is 3.42. The molecule has 0 radical (unpaired) electrons. The predicted molar refractivity (Wildman–Crippen MR) is 119 cm³/mol. The molecule has 0 saturated heterocycles. The minimum atomic E-state index is -0.0443. The number of ether oxygens (including phenoxy) is 2. The third kappa shape index (κ3) is 4.44. The summed E-state index contributed by atoms with van der Waals surface area (Å²) in [5.74, 6) is 2.13. The standard InChI is InChI=1S/C23H20N4O3S/c1-29-18-9-7-17(8-10-18)27-22(16-11-13-24-14-12-16)25-26-23(27)31-15-20(28)19-5-3-4-6-21(19)30-2/h3-14H,15H2,1-2H3. The Morgan fingerprint density at radius 1 is 0.935 bits per heavy atom. The Labute approximate surface area is 184 Å². The summed E-state index contributed by atoms with van der Waals surface area (Å²) in [6.45, 7) is 0. The molecule has 4 aromatic rings. The van der Waals surface area contributed by atoms with Crippen molar-refractivity contribution in [3.63, 3.8) is 0 Å². The van der Waals surface area contributed by atoms with Crippen LogP contribution in [0.1, 0.15) is 10.4 Å². The quantitative estimate of drug-likeness (QED) is 0.303. The maximum Gasteiger partial charge on any atom is 0.196 e. The number of ketones is 1. The molecule has 8 heteroatoms. The van der Waals surface area contributed by atoms with Crippen molar-refractivity contribution in [2.75, 3.05) is 20.0 Å². The van der Waals surface area contributed by atoms with Gasteiger partial charge in [0.05, 0.1) is 25.5 Å². The molecule has 0 bridgehead atoms. The van der Waals surface area contributed by atoms with E-state index in [0.29, 0.717) is 22.3 Å². The average molecular weight is 433 g/mol. The number of carbonyl (C=O) groups is 1. The molecule has 0 spiro atoms. The zero-order valence-electron chi connectivity index (χ0n) is 17.1. The maximum atomic E-state index is 12.8. The minimum absolute atomic E-state index is 0.0443. The van der Waals surface area contributed by atoms with Crippen LogP contribution in [0.2, 0.25) is 0 Å². The zero-order valence-corrected chi connectivity index (χ0v) is 17.9. The van der Waals surface area contributed by atoms with E-state index in [9.17, 15) is 4.79 Å². The summed E-state index contributed by atoms with van der Waals surface area (Å²) in [4.78, 5) is 16.9. The Hall–Kier alpha value is -3.65. The molecule has 0 amide bonds. The van der Waals surface area contributed by atoms with Gasteiger partial charge in [-0.1, -0.05) is 23.9 Å². The lowest BCUT2D eigenvalue weighted by atomic mass is 10.1. The van der Waals surface area contributed by atoms with Crippen LogP contribution in [0, 0.1) is 0 Å². The average Bonchev–Trinajstić information content (AvgIpc) is 3.27. The fourth-order valence-corrected chi connectivity index (χ4v) is 3.93. The van der Waals surface area contributed by atoms with E-state index in [0.717, 1.165) is 17.0 Å². The van der Waals surface area contributed by atoms with Crippen LogP contribution in [-0.2, 0) is 0 Å². The molecule has 0 aliphatic carbocycles. The summed E-state index contributed by atoms with van der Waals surface area (Å²) >= 11 is 1.33. The molecule has 0 aliphatic rings. The Bertz CT molecular complexity index is 1180. The number of hydrogen-bond donors (Lipinski definition) is 0. The summed E-state index contributed by atoms with van der Waals surface area (Å²) in [5.41, 5.74) is 2.29. The van der Waals surface area contributed by atoms with Crippen molar-refractivity contribution >= 4 is 17.5 Å². The van der Waals surface area contributed by atoms with Gasteiger partial charge in [0.25, 0.3) is 0 Å². The SMILES string of the molecule is COc1ccc(-n2c(SCC(=O)c3ccccc3OC)nnc2-c2ccncc2)cc1. The molecule has 2 aromatic carbocycles. The molecule has 2 heterocycles. The Morgan fingerprint density at radius 2 is 1.68 bits per heavy atom. The van der Waals surface area contributed by atoms with Crippen LogP contribution in [0.15, 0.2) is 78.2 Å². The highest BCUT2D eigenvalue weighted by Crippen LogP contribution is 2.29. The van der Waals surface area contributed by atoms with Crippen LogP contribution in [0.5, 0.6) is 11.5 Å². The molecule has 156 valence electrons. The van der Waals surface area contributed by atoms with Gasteiger partial charge in [-0.25, -0.2) is 0 Å². The first-order valence-electron chi connectivity index (χ1n) is 9.50. The van der Waals surface area contributed by atoms with Crippen molar-refractivity contribution in [1.29, 1.82) is 0 Å². The molecular formula is C23H20N4O3S. The number of pyridine rings is 1. The van der Waals surface area contributed by atoms with Gasteiger partial charge in [0, 0.05) is 23.6 Å². The highest BCUT2D eigenvalue weighted by Gasteiger charge is 2.19. The first-order chi connectivity index (χ1) is 15.2. The lowest BCUT2D eigenvalue weighted by molar-refractivity contribution is 0.101. The molecule has 4 rings (SSSR count). The smallest absolute Gasteiger partial charge is 0.196 e. The molecule has 0 aliphatic heterocycles. The maximum absolute atomic E-state index is 12.8. The Balaban J connectivity index is 1.67. The fourth-order valence-electron chi connectivity index (χ4n) is 3.10. The molecule has 0 unspecified atom stereocenters. The molecule has 0 fully saturated rings. The third-order valence-electron chi connectivity index (χ3n) is 4.64. The number of Topliss-reactive ketones (excluding diaryl/α,β-unsaturated/α-hetero) is 1. The number of benzene rings is 2. The van der Waals surface area contributed by atoms with Gasteiger partial charge in [-0.2, -0.15) is 0 Å². The van der Waals surface area contributed by atoms with Gasteiger partial charge in [-0.15, -0.1) is 10.2 Å². The molecule has 0 N–H and O–H groups in total. The lowest BCUT2D eigenvalue weighted by Crippen LogP contribution is -2.06. The zero-order chi connectivity index (χ0) is 21.6. The lowest BCUT2D eigenvalue weighted by Gasteiger charge is -2.11. The largest absolute Gasteiger partial charge is 0.497 e. The number of thioether (sulfide) groups is 1. The van der Waals surface area contributed by atoms with Crippen LogP contribution in [-0.4, -0.2) is 45.5 Å². The van der Waals surface area contributed by atoms with Crippen LogP contribution in [0.3, 0.4) is 0 Å². The van der Waals surface area contributed by atoms with Crippen molar-refractivity contribution in [2.24, 2.45) is 0 Å². The molecule has 2 aromatic heterocycles. The molecule has 0 atom stereocenters. The van der Waals surface area contributed by atoms with Crippen molar-refractivity contribution in [3.05, 3.63) is 78.6 Å². The van der Waals surface area contributed by atoms with Crippen LogP contribution >= 0.6 is 11.8 Å². The normalized spacial score (nSPS) is 10.6. The summed E-state index contributed by atoms with van der Waals surface area (Å²) < 4.78 is 12.5. The van der Waals surface area contributed by atoms with Crippen molar-refractivity contribution in [3.8, 4) is 28.6 Å². The number of rotatable bonds is 8. The topological polar surface area (TPSA) is 79.1 Å². The summed E-state index contributed by atoms with van der Waals surface area (Å²) in [7, 11) is 3.18. The van der Waals surface area contributed by atoms with Crippen molar-refractivity contribution < 1.29 is 14.3 Å². The second-order valence-electron chi connectivity index (χ2n) is 6.49. The van der Waals surface area contributed by atoms with Gasteiger partial charge in [0.2, 0.25) is 0 Å². The number of nitrogens with zero attached hydrogens (tertiary/aromatic N) is 4. The van der Waals surface area contributed by atoms with Gasteiger partial charge < -0.3 is 9.47 Å². The number of carbonyl (C=O) groups excluding carboxylic acids is 1. The highest BCUT2D eigenvalue weighted by molar-refractivity contribution is 7.99. The van der Waals surface area contributed by atoms with Crippen molar-refractivity contribution in [2.45, 2.75) is 5.16 Å². The van der Waals surface area contributed by atoms with E-state index in [2.05, 4.69) is 15.2 Å². The van der Waals surface area contributed by atoms with E-state index in [4.69, 9.17) is 9.47 Å². The first kappa shape index (κ1) is 20.6. The van der Waals surface area contributed by atoms with E-state index < -0.39 is 0 Å². The van der Waals surface area contributed by atoms with Gasteiger partial charge in [-0.05, 0) is 48.5 Å². The minimum Gasteiger partial charge on any atom is -0.497 e. The van der Waals surface area contributed by atoms with E-state index >= 15 is 0 Å². The molecular weight excluding hydrogens is 412 g/mol. The third-order valence-corrected chi connectivity index (χ3v) is 5.57. The monoisotopic (exact) mass is 432 g/mol. The number of aromatic nitrogens is 4. The number of methoxy groups -OCH3 is 2. The summed E-state index contributed by atoms with van der Waals surface area (Å²) in [5, 5.41) is 9.36. The fraction of sp³-hybridized carbons (Fsp3) is 0.130. The van der Waals surface area contributed by atoms with Gasteiger partial charge in [-0.3, -0.25) is 14.3 Å². The predicted octanol–water partition coefficient (Wildman–Crippen LogP) is 4.32. The van der Waals surface area contributed by atoms with E-state index in [1.807, 2.05) is 53.1 Å². The number of para-hydroxylation sites is 1. The molecule has 31 heavy (non-hydrogen) atoms.